The molecule has 1 N–H and O–H groups in total. The SMILES string of the molecule is CCC(CC)C(=O)N1CCCNC(=O)C1. The van der Waals surface area contributed by atoms with E-state index >= 15 is 0 Å². The van der Waals surface area contributed by atoms with E-state index < -0.39 is 0 Å². The van der Waals surface area contributed by atoms with Crippen molar-refractivity contribution in [2.24, 2.45) is 5.92 Å². The second-order valence-electron chi connectivity index (χ2n) is 3.98. The number of hydrogen-bond acceptors (Lipinski definition) is 2. The van der Waals surface area contributed by atoms with Crippen LogP contribution in [0.4, 0.5) is 0 Å². The van der Waals surface area contributed by atoms with Gasteiger partial charge in [-0.3, -0.25) is 9.59 Å². The fourth-order valence-electron chi connectivity index (χ4n) is 1.89. The predicted molar refractivity (Wildman–Crippen MR) is 58.3 cm³/mol. The average Bonchev–Trinajstić information content (AvgIpc) is 2.44. The molecule has 1 saturated heterocycles. The van der Waals surface area contributed by atoms with Crippen molar-refractivity contribution in [1.29, 1.82) is 0 Å². The number of amides is 2. The van der Waals surface area contributed by atoms with E-state index in [0.717, 1.165) is 19.3 Å². The molecule has 1 rings (SSSR count). The molecule has 86 valence electrons. The first-order chi connectivity index (χ1) is 7.19. The molecule has 0 aromatic heterocycles. The molecule has 0 unspecified atom stereocenters. The lowest BCUT2D eigenvalue weighted by Crippen LogP contribution is -2.40. The Kier molecular flexibility index (Phi) is 4.59. The third-order valence-electron chi connectivity index (χ3n) is 2.91. The Morgan fingerprint density at radius 3 is 2.73 bits per heavy atom. The maximum absolute atomic E-state index is 12.0. The van der Waals surface area contributed by atoms with Crippen molar-refractivity contribution in [2.75, 3.05) is 19.6 Å². The quantitative estimate of drug-likeness (QED) is 0.751. The van der Waals surface area contributed by atoms with Crippen LogP contribution in [-0.2, 0) is 9.59 Å². The lowest BCUT2D eigenvalue weighted by Gasteiger charge is -2.23. The Hall–Kier alpha value is -1.06. The minimum Gasteiger partial charge on any atom is -0.354 e. The second kappa shape index (κ2) is 5.73. The van der Waals surface area contributed by atoms with Gasteiger partial charge in [0.25, 0.3) is 0 Å². The first-order valence-electron chi connectivity index (χ1n) is 5.74. The van der Waals surface area contributed by atoms with Crippen LogP contribution in [0.5, 0.6) is 0 Å². The number of rotatable bonds is 3. The third-order valence-corrected chi connectivity index (χ3v) is 2.91. The molecule has 2 amide bonds. The van der Waals surface area contributed by atoms with E-state index in [-0.39, 0.29) is 24.3 Å². The molecule has 4 heteroatoms. The molecule has 0 aliphatic carbocycles. The van der Waals surface area contributed by atoms with Gasteiger partial charge in [0.2, 0.25) is 11.8 Å². The fraction of sp³-hybridized carbons (Fsp3) is 0.818. The van der Waals surface area contributed by atoms with Gasteiger partial charge in [-0.25, -0.2) is 0 Å². The molecular weight excluding hydrogens is 192 g/mol. The molecule has 1 heterocycles. The topological polar surface area (TPSA) is 49.4 Å². The standard InChI is InChI=1S/C11H20N2O2/c1-3-9(4-2)11(15)13-7-5-6-12-10(14)8-13/h9H,3-8H2,1-2H3,(H,12,14). The summed E-state index contributed by atoms with van der Waals surface area (Å²) in [5.74, 6) is 0.180. The number of carbonyl (C=O) groups excluding carboxylic acids is 2. The van der Waals surface area contributed by atoms with Crippen molar-refractivity contribution in [1.82, 2.24) is 10.2 Å². The van der Waals surface area contributed by atoms with Gasteiger partial charge in [-0.05, 0) is 19.3 Å². The summed E-state index contributed by atoms with van der Waals surface area (Å²) in [7, 11) is 0. The van der Waals surface area contributed by atoms with E-state index in [1.165, 1.54) is 0 Å². The largest absolute Gasteiger partial charge is 0.354 e. The first-order valence-corrected chi connectivity index (χ1v) is 5.74. The molecule has 4 nitrogen and oxygen atoms in total. The summed E-state index contributed by atoms with van der Waals surface area (Å²) in [4.78, 5) is 25.0. The van der Waals surface area contributed by atoms with Gasteiger partial charge in [0.1, 0.15) is 0 Å². The van der Waals surface area contributed by atoms with Crippen LogP contribution >= 0.6 is 0 Å². The highest BCUT2D eigenvalue weighted by atomic mass is 16.2. The van der Waals surface area contributed by atoms with E-state index in [9.17, 15) is 9.59 Å². The van der Waals surface area contributed by atoms with Crippen molar-refractivity contribution in [2.45, 2.75) is 33.1 Å². The smallest absolute Gasteiger partial charge is 0.239 e. The summed E-state index contributed by atoms with van der Waals surface area (Å²) in [5.41, 5.74) is 0. The van der Waals surface area contributed by atoms with Crippen molar-refractivity contribution in [3.63, 3.8) is 0 Å². The second-order valence-corrected chi connectivity index (χ2v) is 3.98. The number of nitrogens with one attached hydrogen (secondary N) is 1. The Bertz CT molecular complexity index is 237. The molecule has 0 saturated carbocycles. The van der Waals surface area contributed by atoms with Crippen molar-refractivity contribution < 1.29 is 9.59 Å². The van der Waals surface area contributed by atoms with E-state index in [2.05, 4.69) is 5.32 Å². The monoisotopic (exact) mass is 212 g/mol. The van der Waals surface area contributed by atoms with Gasteiger partial charge in [-0.2, -0.15) is 0 Å². The van der Waals surface area contributed by atoms with E-state index in [4.69, 9.17) is 0 Å². The van der Waals surface area contributed by atoms with Crippen LogP contribution in [0.3, 0.4) is 0 Å². The van der Waals surface area contributed by atoms with Crippen LogP contribution in [0.25, 0.3) is 0 Å². The molecule has 0 bridgehead atoms. The normalized spacial score (nSPS) is 17.5. The fourth-order valence-corrected chi connectivity index (χ4v) is 1.89. The summed E-state index contributed by atoms with van der Waals surface area (Å²) < 4.78 is 0. The van der Waals surface area contributed by atoms with Gasteiger partial charge in [0.05, 0.1) is 6.54 Å². The summed E-state index contributed by atoms with van der Waals surface area (Å²) in [5, 5.41) is 2.77. The summed E-state index contributed by atoms with van der Waals surface area (Å²) >= 11 is 0. The molecule has 1 aliphatic rings. The summed E-state index contributed by atoms with van der Waals surface area (Å²) in [6, 6.07) is 0. The van der Waals surface area contributed by atoms with Gasteiger partial charge in [-0.1, -0.05) is 13.8 Å². The summed E-state index contributed by atoms with van der Waals surface area (Å²) in [6.45, 7) is 5.66. The first kappa shape index (κ1) is 12.0. The van der Waals surface area contributed by atoms with E-state index in [1.807, 2.05) is 13.8 Å². The molecule has 15 heavy (non-hydrogen) atoms. The lowest BCUT2D eigenvalue weighted by atomic mass is 10.0. The molecule has 0 atom stereocenters. The molecule has 0 radical (unpaired) electrons. The Morgan fingerprint density at radius 1 is 1.47 bits per heavy atom. The van der Waals surface area contributed by atoms with Crippen LogP contribution in [0.15, 0.2) is 0 Å². The number of hydrogen-bond donors (Lipinski definition) is 1. The lowest BCUT2D eigenvalue weighted by molar-refractivity contribution is -0.138. The molecule has 1 aliphatic heterocycles. The maximum atomic E-state index is 12.0. The van der Waals surface area contributed by atoms with E-state index in [1.54, 1.807) is 4.90 Å². The highest BCUT2D eigenvalue weighted by Crippen LogP contribution is 2.12. The predicted octanol–water partition coefficient (Wildman–Crippen LogP) is 0.771. The third kappa shape index (κ3) is 3.22. The number of carbonyl (C=O) groups is 2. The van der Waals surface area contributed by atoms with Gasteiger partial charge in [-0.15, -0.1) is 0 Å². The Balaban J connectivity index is 2.60. The Labute approximate surface area is 91.0 Å². The van der Waals surface area contributed by atoms with Gasteiger partial charge in [0, 0.05) is 19.0 Å². The minimum absolute atomic E-state index is 0.0354. The summed E-state index contributed by atoms with van der Waals surface area (Å²) in [6.07, 6.45) is 2.57. The minimum atomic E-state index is -0.0354. The van der Waals surface area contributed by atoms with Crippen LogP contribution in [0, 0.1) is 5.92 Å². The molecule has 0 aromatic carbocycles. The van der Waals surface area contributed by atoms with Crippen molar-refractivity contribution >= 4 is 11.8 Å². The highest BCUT2D eigenvalue weighted by molar-refractivity contribution is 5.86. The van der Waals surface area contributed by atoms with Gasteiger partial charge >= 0.3 is 0 Å². The molecule has 0 spiro atoms. The van der Waals surface area contributed by atoms with Crippen molar-refractivity contribution in [3.05, 3.63) is 0 Å². The zero-order valence-corrected chi connectivity index (χ0v) is 9.58. The average molecular weight is 212 g/mol. The highest BCUT2D eigenvalue weighted by Gasteiger charge is 2.24. The maximum Gasteiger partial charge on any atom is 0.239 e. The van der Waals surface area contributed by atoms with Crippen LogP contribution in [0.2, 0.25) is 0 Å². The van der Waals surface area contributed by atoms with Crippen molar-refractivity contribution in [3.8, 4) is 0 Å². The molecular formula is C11H20N2O2. The van der Waals surface area contributed by atoms with Crippen LogP contribution in [0.1, 0.15) is 33.1 Å². The zero-order valence-electron chi connectivity index (χ0n) is 9.58. The van der Waals surface area contributed by atoms with Crippen LogP contribution < -0.4 is 5.32 Å². The Morgan fingerprint density at radius 2 is 2.13 bits per heavy atom. The zero-order chi connectivity index (χ0) is 11.3. The molecule has 0 aromatic rings. The van der Waals surface area contributed by atoms with Gasteiger partial charge in [0.15, 0.2) is 0 Å². The van der Waals surface area contributed by atoms with Gasteiger partial charge < -0.3 is 10.2 Å². The molecule has 1 fully saturated rings. The number of nitrogens with zero attached hydrogens (tertiary/aromatic N) is 1. The van der Waals surface area contributed by atoms with Crippen LogP contribution in [-0.4, -0.2) is 36.3 Å². The van der Waals surface area contributed by atoms with E-state index in [0.29, 0.717) is 13.1 Å².